The molecule has 1 saturated carbocycles. The number of aldehydes is 1. The summed E-state index contributed by atoms with van der Waals surface area (Å²) in [5.41, 5.74) is 5.03. The second-order valence-electron chi connectivity index (χ2n) is 7.04. The van der Waals surface area contributed by atoms with Crippen molar-refractivity contribution in [3.05, 3.63) is 0 Å². The molecule has 3 N–H and O–H groups in total. The van der Waals surface area contributed by atoms with Crippen LogP contribution in [0.3, 0.4) is 0 Å². The van der Waals surface area contributed by atoms with Crippen molar-refractivity contribution in [3.8, 4) is 0 Å². The second-order valence-corrected chi connectivity index (χ2v) is 7.04. The molecule has 0 heterocycles. The highest BCUT2D eigenvalue weighted by Gasteiger charge is 2.41. The molecule has 0 aromatic heterocycles. The van der Waals surface area contributed by atoms with Gasteiger partial charge in [-0.3, -0.25) is 4.79 Å². The number of aliphatic hydroxyl groups excluding tert-OH is 1. The minimum absolute atomic E-state index is 0.135. The van der Waals surface area contributed by atoms with Gasteiger partial charge in [-0.2, -0.15) is 0 Å². The monoisotopic (exact) mass is 297 g/mol. The SMILES string of the molecule is CC(=O)[C@@](C=O)(C[C@H](O)[C@@H](N)CC1CCCCC1)C(C)C. The fourth-order valence-electron chi connectivity index (χ4n) is 3.52. The minimum Gasteiger partial charge on any atom is -0.391 e. The Morgan fingerprint density at radius 1 is 1.33 bits per heavy atom. The highest BCUT2D eigenvalue weighted by atomic mass is 16.3. The molecule has 4 heteroatoms. The van der Waals surface area contributed by atoms with Crippen molar-refractivity contribution >= 4 is 12.1 Å². The number of rotatable bonds is 8. The summed E-state index contributed by atoms with van der Waals surface area (Å²) in [6.45, 7) is 5.11. The fraction of sp³-hybridized carbons (Fsp3) is 0.882. The predicted octanol–water partition coefficient (Wildman–Crippen LogP) is 2.47. The van der Waals surface area contributed by atoms with Crippen LogP contribution in [0, 0.1) is 17.3 Å². The van der Waals surface area contributed by atoms with Gasteiger partial charge >= 0.3 is 0 Å². The summed E-state index contributed by atoms with van der Waals surface area (Å²) in [6.07, 6.45) is 6.95. The van der Waals surface area contributed by atoms with Gasteiger partial charge in [0.15, 0.2) is 0 Å². The summed E-state index contributed by atoms with van der Waals surface area (Å²) in [5.74, 6) is 0.255. The van der Waals surface area contributed by atoms with Crippen LogP contribution in [-0.2, 0) is 9.59 Å². The standard InChI is InChI=1S/C17H31NO3/c1-12(2)17(11-19,13(3)20)10-16(21)15(18)9-14-7-5-4-6-8-14/h11-12,14-16,21H,4-10,18H2,1-3H3/t15-,16-,17+/m0/s1. The molecule has 21 heavy (non-hydrogen) atoms. The maximum absolute atomic E-state index is 11.9. The van der Waals surface area contributed by atoms with E-state index in [4.69, 9.17) is 5.73 Å². The third-order valence-corrected chi connectivity index (χ3v) is 5.27. The van der Waals surface area contributed by atoms with E-state index in [0.717, 1.165) is 6.42 Å². The van der Waals surface area contributed by atoms with Crippen molar-refractivity contribution in [1.82, 2.24) is 0 Å². The van der Waals surface area contributed by atoms with Crippen molar-refractivity contribution < 1.29 is 14.7 Å². The van der Waals surface area contributed by atoms with Gasteiger partial charge in [0.1, 0.15) is 12.1 Å². The molecule has 122 valence electrons. The number of nitrogens with two attached hydrogens (primary N) is 1. The van der Waals surface area contributed by atoms with Crippen LogP contribution >= 0.6 is 0 Å². The summed E-state index contributed by atoms with van der Waals surface area (Å²) in [5, 5.41) is 10.4. The molecule has 1 aliphatic carbocycles. The lowest BCUT2D eigenvalue weighted by Crippen LogP contribution is -2.46. The van der Waals surface area contributed by atoms with E-state index in [1.807, 2.05) is 13.8 Å². The summed E-state index contributed by atoms with van der Waals surface area (Å²) in [7, 11) is 0. The highest BCUT2D eigenvalue weighted by molar-refractivity contribution is 5.97. The van der Waals surface area contributed by atoms with Gasteiger partial charge in [0.25, 0.3) is 0 Å². The molecule has 1 rings (SSSR count). The normalized spacial score (nSPS) is 22.6. The molecule has 1 fully saturated rings. The average Bonchev–Trinajstić information content (AvgIpc) is 2.44. The first-order valence-electron chi connectivity index (χ1n) is 8.24. The Labute approximate surface area is 128 Å². The van der Waals surface area contributed by atoms with Crippen LogP contribution in [0.5, 0.6) is 0 Å². The van der Waals surface area contributed by atoms with Crippen LogP contribution in [0.25, 0.3) is 0 Å². The van der Waals surface area contributed by atoms with Crippen molar-refractivity contribution in [3.63, 3.8) is 0 Å². The molecule has 0 aromatic carbocycles. The van der Waals surface area contributed by atoms with E-state index in [-0.39, 0.29) is 24.2 Å². The first-order chi connectivity index (χ1) is 9.83. The summed E-state index contributed by atoms with van der Waals surface area (Å²) < 4.78 is 0. The molecule has 0 amide bonds. The van der Waals surface area contributed by atoms with Gasteiger partial charge in [-0.05, 0) is 31.6 Å². The molecule has 0 unspecified atom stereocenters. The lowest BCUT2D eigenvalue weighted by atomic mass is 9.70. The Morgan fingerprint density at radius 3 is 2.33 bits per heavy atom. The Morgan fingerprint density at radius 2 is 1.90 bits per heavy atom. The smallest absolute Gasteiger partial charge is 0.143 e. The molecule has 0 bridgehead atoms. The number of carbonyl (C=O) groups is 2. The van der Waals surface area contributed by atoms with E-state index >= 15 is 0 Å². The number of carbonyl (C=O) groups excluding carboxylic acids is 2. The van der Waals surface area contributed by atoms with Crippen LogP contribution in [0.15, 0.2) is 0 Å². The van der Waals surface area contributed by atoms with Crippen LogP contribution < -0.4 is 5.73 Å². The van der Waals surface area contributed by atoms with Crippen molar-refractivity contribution in [1.29, 1.82) is 0 Å². The molecule has 3 atom stereocenters. The van der Waals surface area contributed by atoms with E-state index in [2.05, 4.69) is 0 Å². The maximum atomic E-state index is 11.9. The number of ketones is 1. The van der Waals surface area contributed by atoms with E-state index in [0.29, 0.717) is 12.2 Å². The van der Waals surface area contributed by atoms with Crippen LogP contribution in [0.1, 0.15) is 65.7 Å². The molecular weight excluding hydrogens is 266 g/mol. The first kappa shape index (κ1) is 18.3. The molecule has 4 nitrogen and oxygen atoms in total. The Bertz CT molecular complexity index is 350. The number of Topliss-reactive ketones (excluding diaryl/α,β-unsaturated/α-hetero) is 1. The average molecular weight is 297 g/mol. The van der Waals surface area contributed by atoms with Gasteiger partial charge in [-0.25, -0.2) is 0 Å². The molecule has 0 spiro atoms. The van der Waals surface area contributed by atoms with Crippen LogP contribution in [-0.4, -0.2) is 29.3 Å². The zero-order valence-corrected chi connectivity index (χ0v) is 13.7. The zero-order valence-electron chi connectivity index (χ0n) is 13.7. The summed E-state index contributed by atoms with van der Waals surface area (Å²) >= 11 is 0. The molecule has 0 saturated heterocycles. The van der Waals surface area contributed by atoms with Crippen molar-refractivity contribution in [2.24, 2.45) is 23.0 Å². The van der Waals surface area contributed by atoms with Crippen LogP contribution in [0.4, 0.5) is 0 Å². The van der Waals surface area contributed by atoms with Gasteiger partial charge in [-0.15, -0.1) is 0 Å². The van der Waals surface area contributed by atoms with Gasteiger partial charge < -0.3 is 15.6 Å². The van der Waals surface area contributed by atoms with Gasteiger partial charge in [0, 0.05) is 6.04 Å². The fourth-order valence-corrected chi connectivity index (χ4v) is 3.52. The van der Waals surface area contributed by atoms with E-state index in [1.165, 1.54) is 39.0 Å². The molecule has 1 aliphatic rings. The predicted molar refractivity (Wildman–Crippen MR) is 83.8 cm³/mol. The number of hydrogen-bond acceptors (Lipinski definition) is 4. The molecule has 0 radical (unpaired) electrons. The Kier molecular flexibility index (Phi) is 7.01. The van der Waals surface area contributed by atoms with Crippen molar-refractivity contribution in [2.75, 3.05) is 0 Å². The van der Waals surface area contributed by atoms with E-state index < -0.39 is 11.5 Å². The number of aliphatic hydroxyl groups is 1. The quantitative estimate of drug-likeness (QED) is 0.533. The molecule has 0 aliphatic heterocycles. The van der Waals surface area contributed by atoms with Gasteiger partial charge in [0.05, 0.1) is 11.5 Å². The maximum Gasteiger partial charge on any atom is 0.143 e. The topological polar surface area (TPSA) is 80.4 Å². The summed E-state index contributed by atoms with van der Waals surface area (Å²) in [4.78, 5) is 23.4. The second kappa shape index (κ2) is 8.04. The third-order valence-electron chi connectivity index (χ3n) is 5.27. The lowest BCUT2D eigenvalue weighted by molar-refractivity contribution is -0.138. The van der Waals surface area contributed by atoms with Gasteiger partial charge in [-0.1, -0.05) is 46.0 Å². The Balaban J connectivity index is 2.65. The lowest BCUT2D eigenvalue weighted by Gasteiger charge is -2.34. The minimum atomic E-state index is -1.11. The third kappa shape index (κ3) is 4.62. The molecule has 0 aromatic rings. The zero-order chi connectivity index (χ0) is 16.0. The Hall–Kier alpha value is -0.740. The van der Waals surface area contributed by atoms with Crippen molar-refractivity contribution in [2.45, 2.75) is 77.9 Å². The van der Waals surface area contributed by atoms with Gasteiger partial charge in [0.2, 0.25) is 0 Å². The summed E-state index contributed by atoms with van der Waals surface area (Å²) in [6, 6.07) is -0.356. The highest BCUT2D eigenvalue weighted by Crippen LogP contribution is 2.34. The molecular formula is C17H31NO3. The first-order valence-corrected chi connectivity index (χ1v) is 8.24. The largest absolute Gasteiger partial charge is 0.391 e. The van der Waals surface area contributed by atoms with Crippen LogP contribution in [0.2, 0.25) is 0 Å². The van der Waals surface area contributed by atoms with E-state index in [9.17, 15) is 14.7 Å². The van der Waals surface area contributed by atoms with E-state index in [1.54, 1.807) is 0 Å². The number of hydrogen-bond donors (Lipinski definition) is 2.